The van der Waals surface area contributed by atoms with Crippen molar-refractivity contribution in [3.05, 3.63) is 59.7 Å². The van der Waals surface area contributed by atoms with Gasteiger partial charge < -0.3 is 20.5 Å². The van der Waals surface area contributed by atoms with Gasteiger partial charge in [-0.1, -0.05) is 61.4 Å². The van der Waals surface area contributed by atoms with Crippen LogP contribution in [-0.2, 0) is 14.3 Å². The van der Waals surface area contributed by atoms with Crippen molar-refractivity contribution in [1.82, 2.24) is 10.6 Å². The van der Waals surface area contributed by atoms with E-state index in [0.717, 1.165) is 22.3 Å². The normalized spacial score (nSPS) is 23.1. The minimum atomic E-state index is -3.32. The number of ether oxygens (including phenoxy) is 1. The number of alkyl halides is 2. The van der Waals surface area contributed by atoms with E-state index in [1.807, 2.05) is 48.5 Å². The van der Waals surface area contributed by atoms with Gasteiger partial charge in [0.15, 0.2) is 0 Å². The Morgan fingerprint density at radius 2 is 1.54 bits per heavy atom. The molecule has 0 aromatic heterocycles. The van der Waals surface area contributed by atoms with Crippen molar-refractivity contribution in [2.45, 2.75) is 43.1 Å². The van der Waals surface area contributed by atoms with Crippen LogP contribution in [0.4, 0.5) is 13.6 Å². The Balaban J connectivity index is 1.16. The summed E-state index contributed by atoms with van der Waals surface area (Å²) in [6.45, 7) is -0.395. The van der Waals surface area contributed by atoms with Gasteiger partial charge in [-0.05, 0) is 35.1 Å². The molecule has 2 aromatic carbocycles. The second kappa shape index (κ2) is 8.62. The largest absolute Gasteiger partial charge is 0.480 e. The van der Waals surface area contributed by atoms with E-state index in [-0.39, 0.29) is 25.4 Å². The fraction of sp³-hybridized carbons (Fsp3) is 0.423. The molecule has 3 N–H and O–H groups in total. The maximum atomic E-state index is 14.3. The first-order chi connectivity index (χ1) is 16.7. The Kier molecular flexibility index (Phi) is 5.73. The molecule has 0 spiro atoms. The molecule has 5 rings (SSSR count). The summed E-state index contributed by atoms with van der Waals surface area (Å²) in [7, 11) is 0. The second-order valence-electron chi connectivity index (χ2n) is 9.55. The number of carbonyl (C=O) groups excluding carboxylic acids is 2. The van der Waals surface area contributed by atoms with Gasteiger partial charge in [0.1, 0.15) is 18.1 Å². The summed E-state index contributed by atoms with van der Waals surface area (Å²) in [6.07, 6.45) is 0.816. The minimum Gasteiger partial charge on any atom is -0.480 e. The minimum absolute atomic E-state index is 0.0476. The fourth-order valence-corrected chi connectivity index (χ4v) is 5.53. The summed E-state index contributed by atoms with van der Waals surface area (Å²) in [4.78, 5) is 36.4. The highest BCUT2D eigenvalue weighted by Gasteiger charge is 2.72. The number of nitrogens with one attached hydrogen (secondary N) is 2. The highest BCUT2D eigenvalue weighted by molar-refractivity contribution is 5.90. The summed E-state index contributed by atoms with van der Waals surface area (Å²) in [5.74, 6) is -8.76. The lowest BCUT2D eigenvalue weighted by Gasteiger charge is -2.25. The number of carbonyl (C=O) groups is 3. The zero-order valence-electron chi connectivity index (χ0n) is 18.9. The van der Waals surface area contributed by atoms with E-state index in [0.29, 0.717) is 12.8 Å². The summed E-state index contributed by atoms with van der Waals surface area (Å²) >= 11 is 0. The number of carboxylic acids is 1. The molecule has 2 atom stereocenters. The molecule has 0 radical (unpaired) electrons. The quantitative estimate of drug-likeness (QED) is 0.553. The average Bonchev–Trinajstić information content (AvgIpc) is 3.14. The highest BCUT2D eigenvalue weighted by atomic mass is 19.3. The predicted molar refractivity (Wildman–Crippen MR) is 122 cm³/mol. The Hall–Kier alpha value is -3.49. The van der Waals surface area contributed by atoms with Crippen LogP contribution >= 0.6 is 0 Å². The zero-order valence-corrected chi connectivity index (χ0v) is 18.9. The number of fused-ring (bicyclic) bond motifs is 3. The molecule has 2 unspecified atom stereocenters. The third kappa shape index (κ3) is 4.02. The summed E-state index contributed by atoms with van der Waals surface area (Å²) in [5, 5.41) is 14.2. The lowest BCUT2D eigenvalue weighted by molar-refractivity contribution is -0.148. The molecule has 0 saturated heterocycles. The number of alkyl carbamates (subject to hydrolysis) is 1. The van der Waals surface area contributed by atoms with E-state index in [9.17, 15) is 28.3 Å². The van der Waals surface area contributed by atoms with Crippen LogP contribution in [0.25, 0.3) is 11.1 Å². The number of amides is 2. The lowest BCUT2D eigenvalue weighted by atomic mass is 9.97. The van der Waals surface area contributed by atoms with Gasteiger partial charge in [0.25, 0.3) is 5.92 Å². The number of rotatable bonds is 7. The van der Waals surface area contributed by atoms with Crippen LogP contribution in [-0.4, -0.2) is 47.7 Å². The van der Waals surface area contributed by atoms with E-state index in [1.165, 1.54) is 0 Å². The van der Waals surface area contributed by atoms with Gasteiger partial charge in [0, 0.05) is 12.5 Å². The van der Waals surface area contributed by atoms with E-state index in [1.54, 1.807) is 0 Å². The number of hydrogen-bond donors (Lipinski definition) is 3. The Bertz CT molecular complexity index is 1130. The SMILES string of the molecule is O=C(NCC1C(C(=O)NC2(C(=O)O)CCCC2)C1(F)F)OCC1c2ccccc2-c2ccccc21. The van der Waals surface area contributed by atoms with E-state index < -0.39 is 47.8 Å². The van der Waals surface area contributed by atoms with Crippen LogP contribution in [0.15, 0.2) is 48.5 Å². The topological polar surface area (TPSA) is 105 Å². The summed E-state index contributed by atoms with van der Waals surface area (Å²) in [5.41, 5.74) is 2.73. The van der Waals surface area contributed by atoms with Crippen molar-refractivity contribution in [3.63, 3.8) is 0 Å². The molecule has 2 aromatic rings. The monoisotopic (exact) mass is 484 g/mol. The number of carboxylic acid groups (broad SMARTS) is 1. The van der Waals surface area contributed by atoms with Gasteiger partial charge in [-0.15, -0.1) is 0 Å². The number of hydrogen-bond acceptors (Lipinski definition) is 4. The molecule has 0 heterocycles. The smallest absolute Gasteiger partial charge is 0.407 e. The molecular formula is C26H26F2N2O5. The standard InChI is InChI=1S/C26H26F2N2O5/c27-26(28)20(21(26)22(31)30-25(23(32)33)11-5-6-12-25)13-29-24(34)35-14-19-17-9-3-1-7-15(17)16-8-2-4-10-18(16)19/h1-4,7-10,19-21H,5-6,11-14H2,(H,29,34)(H,30,31)(H,32,33). The van der Waals surface area contributed by atoms with E-state index in [4.69, 9.17) is 4.74 Å². The predicted octanol–water partition coefficient (Wildman–Crippen LogP) is 3.92. The average molecular weight is 484 g/mol. The lowest BCUT2D eigenvalue weighted by Crippen LogP contribution is -2.53. The summed E-state index contributed by atoms with van der Waals surface area (Å²) < 4.78 is 34.0. The van der Waals surface area contributed by atoms with Gasteiger partial charge in [0.05, 0.1) is 5.92 Å². The molecular weight excluding hydrogens is 458 g/mol. The van der Waals surface area contributed by atoms with Crippen molar-refractivity contribution in [1.29, 1.82) is 0 Å². The van der Waals surface area contributed by atoms with Crippen molar-refractivity contribution >= 4 is 18.0 Å². The van der Waals surface area contributed by atoms with Crippen molar-refractivity contribution in [3.8, 4) is 11.1 Å². The van der Waals surface area contributed by atoms with E-state index >= 15 is 0 Å². The third-order valence-electron chi connectivity index (χ3n) is 7.52. The molecule has 35 heavy (non-hydrogen) atoms. The van der Waals surface area contributed by atoms with Crippen LogP contribution in [0, 0.1) is 11.8 Å². The third-order valence-corrected chi connectivity index (χ3v) is 7.52. The number of aliphatic carboxylic acids is 1. The van der Waals surface area contributed by atoms with Gasteiger partial charge in [-0.3, -0.25) is 4.79 Å². The molecule has 2 amide bonds. The van der Waals surface area contributed by atoms with Crippen molar-refractivity contribution in [2.75, 3.05) is 13.2 Å². The number of halogens is 2. The number of benzene rings is 2. The van der Waals surface area contributed by atoms with Gasteiger partial charge in [-0.2, -0.15) is 0 Å². The first-order valence-corrected chi connectivity index (χ1v) is 11.8. The van der Waals surface area contributed by atoms with Crippen molar-refractivity contribution < 1.29 is 33.0 Å². The molecule has 2 fully saturated rings. The maximum absolute atomic E-state index is 14.3. The maximum Gasteiger partial charge on any atom is 0.407 e. The molecule has 7 nitrogen and oxygen atoms in total. The second-order valence-corrected chi connectivity index (χ2v) is 9.55. The van der Waals surface area contributed by atoms with Crippen molar-refractivity contribution in [2.24, 2.45) is 11.8 Å². The Morgan fingerprint density at radius 1 is 0.971 bits per heavy atom. The first kappa shape index (κ1) is 23.3. The van der Waals surface area contributed by atoms with Crippen LogP contribution < -0.4 is 10.6 Å². The van der Waals surface area contributed by atoms with Gasteiger partial charge in [0.2, 0.25) is 5.91 Å². The van der Waals surface area contributed by atoms with Crippen LogP contribution in [0.1, 0.15) is 42.7 Å². The molecule has 3 aliphatic carbocycles. The Morgan fingerprint density at radius 3 is 2.11 bits per heavy atom. The van der Waals surface area contributed by atoms with E-state index in [2.05, 4.69) is 10.6 Å². The van der Waals surface area contributed by atoms with Gasteiger partial charge in [-0.25, -0.2) is 18.4 Å². The fourth-order valence-electron chi connectivity index (χ4n) is 5.53. The molecule has 0 bridgehead atoms. The summed E-state index contributed by atoms with van der Waals surface area (Å²) in [6, 6.07) is 15.7. The highest BCUT2D eigenvalue weighted by Crippen LogP contribution is 2.55. The zero-order chi connectivity index (χ0) is 24.8. The van der Waals surface area contributed by atoms with Crippen LogP contribution in [0.3, 0.4) is 0 Å². The molecule has 184 valence electrons. The first-order valence-electron chi connectivity index (χ1n) is 11.8. The Labute approximate surface area is 200 Å². The van der Waals surface area contributed by atoms with Crippen LogP contribution in [0.5, 0.6) is 0 Å². The van der Waals surface area contributed by atoms with Gasteiger partial charge >= 0.3 is 12.1 Å². The molecule has 2 saturated carbocycles. The molecule has 0 aliphatic heterocycles. The molecule has 9 heteroatoms. The van der Waals surface area contributed by atoms with Crippen LogP contribution in [0.2, 0.25) is 0 Å². The molecule has 3 aliphatic rings.